The number of rotatable bonds is 8. The van der Waals surface area contributed by atoms with E-state index in [0.29, 0.717) is 0 Å². The molecule has 206 valence electrons. The number of hydrogen-bond donors (Lipinski definition) is 0. The Morgan fingerprint density at radius 3 is 1.73 bits per heavy atom. The van der Waals surface area contributed by atoms with E-state index in [0.717, 1.165) is 24.3 Å². The lowest BCUT2D eigenvalue weighted by atomic mass is 10.1. The van der Waals surface area contributed by atoms with E-state index in [-0.39, 0.29) is 43.2 Å². The topological polar surface area (TPSA) is 93.1 Å². The third kappa shape index (κ3) is 6.38. The van der Waals surface area contributed by atoms with E-state index >= 15 is 0 Å². The minimum absolute atomic E-state index is 0.00683. The second-order valence-electron chi connectivity index (χ2n) is 7.10. The predicted molar refractivity (Wildman–Crippen MR) is 122 cm³/mol. The molecule has 1 aromatic carbocycles. The van der Waals surface area contributed by atoms with E-state index in [1.807, 2.05) is 0 Å². The number of aryl methyl sites for hydroxylation is 1. The first-order valence-corrected chi connectivity index (χ1v) is 11.8. The van der Waals surface area contributed by atoms with Crippen LogP contribution in [-0.2, 0) is 10.1 Å². The molecule has 1 heterocycles. The van der Waals surface area contributed by atoms with Crippen LogP contribution in [0.3, 0.4) is 0 Å². The van der Waals surface area contributed by atoms with Gasteiger partial charge >= 0.3 is 22.5 Å². The van der Waals surface area contributed by atoms with Crippen molar-refractivity contribution in [3.05, 3.63) is 49.4 Å². The summed E-state index contributed by atoms with van der Waals surface area (Å²) in [4.78, 5) is 12.4. The van der Waals surface area contributed by atoms with Crippen molar-refractivity contribution in [1.29, 1.82) is 0 Å². The Bertz CT molecular complexity index is 1330. The van der Waals surface area contributed by atoms with Crippen LogP contribution in [0.15, 0.2) is 16.9 Å². The van der Waals surface area contributed by atoms with Gasteiger partial charge in [-0.1, -0.05) is 23.2 Å². The van der Waals surface area contributed by atoms with E-state index in [1.165, 1.54) is 28.3 Å². The average Bonchev–Trinajstić information content (AvgIpc) is 2.72. The number of methoxy groups -OCH3 is 3. The maximum Gasteiger partial charge on any atom is 0.417 e. The fourth-order valence-corrected chi connectivity index (χ4v) is 4.97. The van der Waals surface area contributed by atoms with Crippen LogP contribution in [-0.4, -0.2) is 52.1 Å². The molecule has 0 spiro atoms. The molecule has 0 aliphatic heterocycles. The summed E-state index contributed by atoms with van der Waals surface area (Å²) in [6.45, 7) is 1.36. The Morgan fingerprint density at radius 2 is 1.32 bits per heavy atom. The molecule has 0 fully saturated rings. The van der Waals surface area contributed by atoms with Crippen LogP contribution in [0.5, 0.6) is 17.2 Å². The first kappa shape index (κ1) is 30.4. The summed E-state index contributed by atoms with van der Waals surface area (Å²) >= 11 is 12.4. The van der Waals surface area contributed by atoms with Gasteiger partial charge in [0.2, 0.25) is 0 Å². The van der Waals surface area contributed by atoms with Gasteiger partial charge in [-0.05, 0) is 30.7 Å². The van der Waals surface area contributed by atoms with Gasteiger partial charge in [-0.25, -0.2) is 0 Å². The van der Waals surface area contributed by atoms with Crippen molar-refractivity contribution in [2.45, 2.75) is 24.5 Å². The smallest absolute Gasteiger partial charge is 0.417 e. The average molecular weight is 600 g/mol. The third-order valence-electron chi connectivity index (χ3n) is 4.54. The molecule has 0 aliphatic rings. The predicted octanol–water partition coefficient (Wildman–Crippen LogP) is 4.91. The minimum Gasteiger partial charge on any atom is -0.494 e. The van der Waals surface area contributed by atoms with E-state index in [2.05, 4.69) is 4.28 Å². The highest BCUT2D eigenvalue weighted by Gasteiger charge is 2.66. The highest BCUT2D eigenvalue weighted by atomic mass is 35.5. The van der Waals surface area contributed by atoms with Gasteiger partial charge in [0.05, 0.1) is 32.6 Å². The molecule has 2 aromatic rings. The molecule has 8 nitrogen and oxygen atoms in total. The Morgan fingerprint density at radius 1 is 0.865 bits per heavy atom. The van der Waals surface area contributed by atoms with Gasteiger partial charge in [-0.3, -0.25) is 9.08 Å². The number of pyridine rings is 1. The second kappa shape index (κ2) is 10.9. The zero-order valence-corrected chi connectivity index (χ0v) is 21.5. The van der Waals surface area contributed by atoms with Gasteiger partial charge in [0.25, 0.3) is 10.8 Å². The minimum atomic E-state index is -6.51. The molecule has 0 aliphatic carbocycles. The summed E-state index contributed by atoms with van der Waals surface area (Å²) in [6, 6.07) is 1.78. The second-order valence-corrected chi connectivity index (χ2v) is 9.46. The highest BCUT2D eigenvalue weighted by Crippen LogP contribution is 2.50. The summed E-state index contributed by atoms with van der Waals surface area (Å²) in [5.74, 6) is -0.206. The van der Waals surface area contributed by atoms with Crippen LogP contribution in [0, 0.1) is 6.92 Å². The number of halogens is 8. The molecule has 0 radical (unpaired) electrons. The largest absolute Gasteiger partial charge is 0.494 e. The molecular weight excluding hydrogens is 583 g/mol. The summed E-state index contributed by atoms with van der Waals surface area (Å²) < 4.78 is 122. The molecule has 37 heavy (non-hydrogen) atoms. The molecule has 0 saturated heterocycles. The Kier molecular flexibility index (Phi) is 8.98. The first-order chi connectivity index (χ1) is 16.9. The van der Waals surface area contributed by atoms with Crippen LogP contribution in [0.2, 0.25) is 10.0 Å². The Hall–Kier alpha value is -2.78. The molecule has 17 heteroatoms. The van der Waals surface area contributed by atoms with Gasteiger partial charge < -0.3 is 14.2 Å². The van der Waals surface area contributed by atoms with Gasteiger partial charge in [0.1, 0.15) is 10.0 Å². The summed E-state index contributed by atoms with van der Waals surface area (Å²) in [5.41, 5.74) is -1.79. The van der Waals surface area contributed by atoms with Crippen LogP contribution >= 0.6 is 23.2 Å². The standard InChI is InChI=1S/C20H17Cl2F6NO7S/c1-9-7-10(5-6-11-15(33-2)13(21)17(35-4)14(22)16(11)34-3)29(12(30)8-9)36-37(31,32)18(19(23,24)25)20(26,27)28/h5-8,18H,1-4H3/b6-5+. The SMILES string of the molecule is COc1c(Cl)c(OC)c(/C=C/c2cc(C)cc(=O)n2OS(=O)(=O)C(C(F)(F)F)C(F)(F)F)c(OC)c1Cl. The normalized spacial score (nSPS) is 12.8. The number of benzene rings is 1. The lowest BCUT2D eigenvalue weighted by Gasteiger charge is -2.23. The molecule has 2 rings (SSSR count). The summed E-state index contributed by atoms with van der Waals surface area (Å²) in [7, 11) is -2.85. The molecule has 0 bridgehead atoms. The molecule has 0 saturated carbocycles. The monoisotopic (exact) mass is 599 g/mol. The number of ether oxygens (including phenoxy) is 3. The lowest BCUT2D eigenvalue weighted by molar-refractivity contribution is -0.227. The van der Waals surface area contributed by atoms with Crippen molar-refractivity contribution < 1.29 is 53.3 Å². The van der Waals surface area contributed by atoms with Gasteiger partial charge in [-0.15, -0.1) is 4.73 Å². The van der Waals surface area contributed by atoms with Crippen LogP contribution in [0.25, 0.3) is 12.2 Å². The van der Waals surface area contributed by atoms with Crippen molar-refractivity contribution in [2.75, 3.05) is 21.3 Å². The van der Waals surface area contributed by atoms with Crippen LogP contribution < -0.4 is 24.1 Å². The van der Waals surface area contributed by atoms with E-state index in [9.17, 15) is 39.6 Å². The Labute approximate surface area is 216 Å². The van der Waals surface area contributed by atoms with E-state index in [1.54, 1.807) is 0 Å². The van der Waals surface area contributed by atoms with Crippen LogP contribution in [0.4, 0.5) is 26.3 Å². The first-order valence-electron chi connectivity index (χ1n) is 9.56. The number of hydrogen-bond acceptors (Lipinski definition) is 7. The zero-order valence-electron chi connectivity index (χ0n) is 19.1. The number of nitrogens with zero attached hydrogens (tertiary/aromatic N) is 1. The Balaban J connectivity index is 2.76. The van der Waals surface area contributed by atoms with E-state index in [4.69, 9.17) is 37.4 Å². The van der Waals surface area contributed by atoms with Crippen molar-refractivity contribution in [1.82, 2.24) is 4.73 Å². The zero-order chi connectivity index (χ0) is 28.5. The number of aromatic nitrogens is 1. The lowest BCUT2D eigenvalue weighted by Crippen LogP contribution is -2.52. The van der Waals surface area contributed by atoms with Gasteiger partial charge in [0.15, 0.2) is 17.2 Å². The van der Waals surface area contributed by atoms with Crippen molar-refractivity contribution in [2.24, 2.45) is 0 Å². The molecule has 0 atom stereocenters. The van der Waals surface area contributed by atoms with Crippen molar-refractivity contribution in [3.63, 3.8) is 0 Å². The number of alkyl halides is 6. The van der Waals surface area contributed by atoms with Crippen molar-refractivity contribution in [3.8, 4) is 17.2 Å². The molecular formula is C20H17Cl2F6NO7S. The van der Waals surface area contributed by atoms with Crippen LogP contribution in [0.1, 0.15) is 16.8 Å². The van der Waals surface area contributed by atoms with E-state index < -0.39 is 39.0 Å². The summed E-state index contributed by atoms with van der Waals surface area (Å²) in [5, 5.41) is -5.18. The fraction of sp³-hybridized carbons (Fsp3) is 0.350. The highest BCUT2D eigenvalue weighted by molar-refractivity contribution is 7.87. The molecule has 0 N–H and O–H groups in total. The molecule has 0 unspecified atom stereocenters. The van der Waals surface area contributed by atoms with Gasteiger partial charge in [-0.2, -0.15) is 34.8 Å². The molecule has 1 aromatic heterocycles. The van der Waals surface area contributed by atoms with Crippen molar-refractivity contribution >= 4 is 45.5 Å². The van der Waals surface area contributed by atoms with Gasteiger partial charge in [0, 0.05) is 6.07 Å². The fourth-order valence-electron chi connectivity index (χ4n) is 3.11. The third-order valence-corrected chi connectivity index (χ3v) is 6.70. The summed E-state index contributed by atoms with van der Waals surface area (Å²) in [6.07, 6.45) is -10.6. The quantitative estimate of drug-likeness (QED) is 0.398. The molecule has 0 amide bonds. The maximum atomic E-state index is 13.0. The maximum absolute atomic E-state index is 13.0.